The summed E-state index contributed by atoms with van der Waals surface area (Å²) in [5, 5.41) is 2.88. The molecule has 0 saturated carbocycles. The van der Waals surface area contributed by atoms with Crippen LogP contribution in [0.4, 0.5) is 5.69 Å². The monoisotopic (exact) mass is 615 g/mol. The number of halogens is 1. The van der Waals surface area contributed by atoms with Crippen LogP contribution >= 0.6 is 15.9 Å². The van der Waals surface area contributed by atoms with Crippen LogP contribution in [0.1, 0.15) is 26.3 Å². The third-order valence-electron chi connectivity index (χ3n) is 6.06. The van der Waals surface area contributed by atoms with Crippen molar-refractivity contribution in [3.8, 4) is 5.75 Å². The zero-order valence-corrected chi connectivity index (χ0v) is 24.9. The van der Waals surface area contributed by atoms with Crippen LogP contribution in [0.15, 0.2) is 88.2 Å². The summed E-state index contributed by atoms with van der Waals surface area (Å²) in [5.41, 5.74) is 1.13. The van der Waals surface area contributed by atoms with Crippen molar-refractivity contribution >= 4 is 43.5 Å². The number of sulfonamides is 1. The van der Waals surface area contributed by atoms with Gasteiger partial charge in [-0.25, -0.2) is 8.42 Å². The van der Waals surface area contributed by atoms with E-state index >= 15 is 0 Å². The number of nitrogens with one attached hydrogen (secondary N) is 1. The number of methoxy groups -OCH3 is 1. The van der Waals surface area contributed by atoms with Gasteiger partial charge in [0, 0.05) is 17.6 Å². The minimum Gasteiger partial charge on any atom is -0.497 e. The highest BCUT2D eigenvalue weighted by Crippen LogP contribution is 2.26. The second-order valence-corrected chi connectivity index (χ2v) is 12.3. The van der Waals surface area contributed by atoms with E-state index in [2.05, 4.69) is 21.2 Å². The molecule has 0 saturated heterocycles. The van der Waals surface area contributed by atoms with Crippen molar-refractivity contribution in [2.24, 2.45) is 5.92 Å². The molecule has 0 aliphatic rings. The molecule has 39 heavy (non-hydrogen) atoms. The molecule has 0 aliphatic carbocycles. The normalized spacial score (nSPS) is 12.1. The number of carbonyl (C=O) groups is 2. The standard InChI is InChI=1S/C29H34BrN3O5S/c1-21(2)18-31-29(35)22(3)32(19-23-9-8-10-24(30)17-23)28(34)20-33(25-11-6-5-7-12-25)39(36,37)27-15-13-26(38-4)14-16-27/h5-17,21-22H,18-20H2,1-4H3,(H,31,35). The number of carbonyl (C=O) groups excluding carboxylic acids is 2. The molecule has 10 heteroatoms. The number of hydrogen-bond acceptors (Lipinski definition) is 5. The molecule has 0 aliphatic heterocycles. The van der Waals surface area contributed by atoms with Gasteiger partial charge in [0.05, 0.1) is 17.7 Å². The Balaban J connectivity index is 1.98. The number of benzene rings is 3. The smallest absolute Gasteiger partial charge is 0.264 e. The number of ether oxygens (including phenoxy) is 1. The van der Waals surface area contributed by atoms with Crippen LogP contribution in [0.5, 0.6) is 5.75 Å². The van der Waals surface area contributed by atoms with Crippen molar-refractivity contribution in [1.29, 1.82) is 0 Å². The average Bonchev–Trinajstić information content (AvgIpc) is 2.93. The number of rotatable bonds is 12. The summed E-state index contributed by atoms with van der Waals surface area (Å²) in [6.07, 6.45) is 0. The predicted octanol–water partition coefficient (Wildman–Crippen LogP) is 4.84. The zero-order valence-electron chi connectivity index (χ0n) is 22.5. The molecule has 0 heterocycles. The highest BCUT2D eigenvalue weighted by molar-refractivity contribution is 9.10. The van der Waals surface area contributed by atoms with Gasteiger partial charge in [0.25, 0.3) is 10.0 Å². The molecule has 8 nitrogen and oxygen atoms in total. The van der Waals surface area contributed by atoms with Crippen molar-refractivity contribution < 1.29 is 22.7 Å². The van der Waals surface area contributed by atoms with Crippen LogP contribution in [-0.2, 0) is 26.2 Å². The maximum Gasteiger partial charge on any atom is 0.264 e. The van der Waals surface area contributed by atoms with Crippen molar-refractivity contribution in [1.82, 2.24) is 10.2 Å². The van der Waals surface area contributed by atoms with E-state index < -0.39 is 28.5 Å². The van der Waals surface area contributed by atoms with E-state index in [0.717, 1.165) is 14.3 Å². The van der Waals surface area contributed by atoms with Gasteiger partial charge < -0.3 is 15.0 Å². The van der Waals surface area contributed by atoms with E-state index in [9.17, 15) is 18.0 Å². The fourth-order valence-electron chi connectivity index (χ4n) is 3.86. The molecule has 2 amide bonds. The molecule has 0 aromatic heterocycles. The number of nitrogens with zero attached hydrogens (tertiary/aromatic N) is 2. The van der Waals surface area contributed by atoms with E-state index in [0.29, 0.717) is 18.0 Å². The number of hydrogen-bond donors (Lipinski definition) is 1. The molecule has 3 aromatic carbocycles. The minimum atomic E-state index is -4.13. The van der Waals surface area contributed by atoms with Crippen molar-refractivity contribution in [2.75, 3.05) is 24.5 Å². The van der Waals surface area contributed by atoms with Crippen LogP contribution in [0.3, 0.4) is 0 Å². The van der Waals surface area contributed by atoms with E-state index in [-0.39, 0.29) is 23.3 Å². The average molecular weight is 617 g/mol. The fraction of sp³-hybridized carbons (Fsp3) is 0.310. The lowest BCUT2D eigenvalue weighted by atomic mass is 10.1. The molecule has 3 rings (SSSR count). The Morgan fingerprint density at radius 2 is 1.62 bits per heavy atom. The lowest BCUT2D eigenvalue weighted by Crippen LogP contribution is -2.51. The van der Waals surface area contributed by atoms with Crippen LogP contribution < -0.4 is 14.4 Å². The zero-order chi connectivity index (χ0) is 28.6. The summed E-state index contributed by atoms with van der Waals surface area (Å²) in [7, 11) is -2.64. The largest absolute Gasteiger partial charge is 0.497 e. The van der Waals surface area contributed by atoms with Crippen molar-refractivity contribution in [3.05, 3.63) is 88.9 Å². The van der Waals surface area contributed by atoms with Gasteiger partial charge in [0.2, 0.25) is 11.8 Å². The van der Waals surface area contributed by atoms with Crippen molar-refractivity contribution in [3.63, 3.8) is 0 Å². The second kappa shape index (κ2) is 13.6. The van der Waals surface area contributed by atoms with E-state index in [1.165, 1.54) is 24.1 Å². The Morgan fingerprint density at radius 3 is 2.21 bits per heavy atom. The topological polar surface area (TPSA) is 96.0 Å². The van der Waals surface area contributed by atoms with Crippen LogP contribution in [0.2, 0.25) is 0 Å². The molecule has 0 bridgehead atoms. The third-order valence-corrected chi connectivity index (χ3v) is 8.35. The predicted molar refractivity (Wildman–Crippen MR) is 156 cm³/mol. The molecular formula is C29H34BrN3O5S. The molecule has 0 fully saturated rings. The molecular weight excluding hydrogens is 582 g/mol. The highest BCUT2D eigenvalue weighted by atomic mass is 79.9. The van der Waals surface area contributed by atoms with Gasteiger partial charge >= 0.3 is 0 Å². The lowest BCUT2D eigenvalue weighted by molar-refractivity contribution is -0.139. The molecule has 0 radical (unpaired) electrons. The van der Waals surface area contributed by atoms with Gasteiger partial charge in [-0.1, -0.05) is 60.1 Å². The van der Waals surface area contributed by atoms with Gasteiger partial charge in [-0.2, -0.15) is 0 Å². The van der Waals surface area contributed by atoms with Gasteiger partial charge in [-0.3, -0.25) is 13.9 Å². The first-order valence-electron chi connectivity index (χ1n) is 12.6. The summed E-state index contributed by atoms with van der Waals surface area (Å²) < 4.78 is 34.7. The van der Waals surface area contributed by atoms with Crippen LogP contribution in [0, 0.1) is 5.92 Å². The van der Waals surface area contributed by atoms with E-state index in [1.54, 1.807) is 49.4 Å². The Hall–Kier alpha value is -3.37. The SMILES string of the molecule is COc1ccc(S(=O)(=O)N(CC(=O)N(Cc2cccc(Br)c2)C(C)C(=O)NCC(C)C)c2ccccc2)cc1. The Labute approximate surface area is 239 Å². The molecule has 0 spiro atoms. The summed E-state index contributed by atoms with van der Waals surface area (Å²) in [4.78, 5) is 28.3. The van der Waals surface area contributed by atoms with Gasteiger partial charge in [-0.15, -0.1) is 0 Å². The van der Waals surface area contributed by atoms with Crippen molar-refractivity contribution in [2.45, 2.75) is 38.3 Å². The second-order valence-electron chi connectivity index (χ2n) is 9.49. The number of amides is 2. The molecule has 1 unspecified atom stereocenters. The molecule has 1 atom stereocenters. The number of para-hydroxylation sites is 1. The fourth-order valence-corrected chi connectivity index (χ4v) is 5.73. The third kappa shape index (κ3) is 8.06. The molecule has 3 aromatic rings. The Kier molecular flexibility index (Phi) is 10.5. The Morgan fingerprint density at radius 1 is 0.949 bits per heavy atom. The summed E-state index contributed by atoms with van der Waals surface area (Å²) in [6, 6.07) is 21.0. The van der Waals surface area contributed by atoms with Gasteiger partial charge in [-0.05, 0) is 66.9 Å². The maximum absolute atomic E-state index is 13.9. The lowest BCUT2D eigenvalue weighted by Gasteiger charge is -2.32. The summed E-state index contributed by atoms with van der Waals surface area (Å²) >= 11 is 3.45. The number of anilines is 1. The summed E-state index contributed by atoms with van der Waals surface area (Å²) in [5.74, 6) is -0.0734. The van der Waals surface area contributed by atoms with E-state index in [1.807, 2.05) is 38.1 Å². The maximum atomic E-state index is 13.9. The van der Waals surface area contributed by atoms with E-state index in [4.69, 9.17) is 4.74 Å². The first-order chi connectivity index (χ1) is 18.5. The molecule has 1 N–H and O–H groups in total. The Bertz CT molecular complexity index is 1370. The first kappa shape index (κ1) is 30.2. The molecule has 208 valence electrons. The van der Waals surface area contributed by atoms with Crippen LogP contribution in [0.25, 0.3) is 0 Å². The van der Waals surface area contributed by atoms with Crippen LogP contribution in [-0.4, -0.2) is 51.4 Å². The minimum absolute atomic E-state index is 0.0150. The quantitative estimate of drug-likeness (QED) is 0.314. The van der Waals surface area contributed by atoms with Gasteiger partial charge in [0.1, 0.15) is 18.3 Å². The highest BCUT2D eigenvalue weighted by Gasteiger charge is 2.32. The van der Waals surface area contributed by atoms with Gasteiger partial charge in [0.15, 0.2) is 0 Å². The first-order valence-corrected chi connectivity index (χ1v) is 14.8. The summed E-state index contributed by atoms with van der Waals surface area (Å²) in [6.45, 7) is 5.71.